The maximum atomic E-state index is 12.8. The van der Waals surface area contributed by atoms with E-state index in [4.69, 9.17) is 5.73 Å². The van der Waals surface area contributed by atoms with E-state index in [1.807, 2.05) is 13.8 Å². The molecule has 4 nitrogen and oxygen atoms in total. The second kappa shape index (κ2) is 6.90. The first-order chi connectivity index (χ1) is 9.25. The van der Waals surface area contributed by atoms with E-state index in [1.54, 1.807) is 6.07 Å². The van der Waals surface area contributed by atoms with E-state index in [9.17, 15) is 18.4 Å². The lowest BCUT2D eigenvalue weighted by Gasteiger charge is -2.14. The van der Waals surface area contributed by atoms with Gasteiger partial charge >= 0.3 is 0 Å². The van der Waals surface area contributed by atoms with Crippen LogP contribution in [0.2, 0.25) is 0 Å². The number of halogens is 2. The molecule has 0 atom stereocenters. The zero-order chi connectivity index (χ0) is 15.3. The van der Waals surface area contributed by atoms with Gasteiger partial charge in [-0.25, -0.2) is 8.78 Å². The molecular weight excluding hydrogens is 286 g/mol. The molecule has 0 saturated heterocycles. The number of aryl methyl sites for hydroxylation is 2. The highest BCUT2D eigenvalue weighted by atomic mass is 32.1. The van der Waals surface area contributed by atoms with Gasteiger partial charge in [0.05, 0.1) is 13.1 Å². The quantitative estimate of drug-likeness (QED) is 0.757. The van der Waals surface area contributed by atoms with Crippen LogP contribution in [0.25, 0.3) is 0 Å². The molecule has 0 aliphatic carbocycles. The van der Waals surface area contributed by atoms with Crippen molar-refractivity contribution in [2.24, 2.45) is 5.73 Å². The Balaban J connectivity index is 2.42. The van der Waals surface area contributed by atoms with Gasteiger partial charge in [-0.2, -0.15) is 0 Å². The van der Waals surface area contributed by atoms with E-state index in [0.717, 1.165) is 9.75 Å². The van der Waals surface area contributed by atoms with Crippen molar-refractivity contribution in [2.45, 2.75) is 32.6 Å². The van der Waals surface area contributed by atoms with Crippen LogP contribution in [0.4, 0.5) is 8.78 Å². The molecule has 0 saturated carbocycles. The number of amides is 1. The number of Topliss-reactive ketones (excluding diaryl/α,β-unsaturated/α-hetero) is 1. The Kier molecular flexibility index (Phi) is 5.76. The van der Waals surface area contributed by atoms with E-state index in [-0.39, 0.29) is 18.6 Å². The van der Waals surface area contributed by atoms with E-state index >= 15 is 0 Å². The van der Waals surface area contributed by atoms with Gasteiger partial charge in [0.2, 0.25) is 5.91 Å². The fraction of sp³-hybridized carbons (Fsp3) is 0.538. The number of nitrogens with one attached hydrogen (secondary N) is 1. The summed E-state index contributed by atoms with van der Waals surface area (Å²) in [4.78, 5) is 25.2. The number of thiophene rings is 1. The summed E-state index contributed by atoms with van der Waals surface area (Å²) in [5, 5.41) is 2.08. The highest BCUT2D eigenvalue weighted by molar-refractivity contribution is 7.12. The summed E-state index contributed by atoms with van der Waals surface area (Å²) in [6.07, 6.45) is -0.0924. The smallest absolute Gasteiger partial charge is 0.277 e. The summed E-state index contributed by atoms with van der Waals surface area (Å²) < 4.78 is 25.7. The molecule has 3 N–H and O–H groups in total. The minimum atomic E-state index is -3.11. The molecular formula is C13H18F2N2O2S. The lowest BCUT2D eigenvalue weighted by molar-refractivity contribution is -0.122. The zero-order valence-corrected chi connectivity index (χ0v) is 12.3. The third kappa shape index (κ3) is 4.97. The second-order valence-corrected chi connectivity index (χ2v) is 6.05. The van der Waals surface area contributed by atoms with Gasteiger partial charge in [-0.15, -0.1) is 11.3 Å². The fourth-order valence-electron chi connectivity index (χ4n) is 1.66. The Morgan fingerprint density at radius 3 is 2.50 bits per heavy atom. The summed E-state index contributed by atoms with van der Waals surface area (Å²) in [5.41, 5.74) is 5.46. The average Bonchev–Trinajstić information content (AvgIpc) is 2.73. The van der Waals surface area contributed by atoms with Gasteiger partial charge in [0, 0.05) is 28.2 Å². The van der Waals surface area contributed by atoms with Crippen LogP contribution in [0.15, 0.2) is 6.07 Å². The summed E-state index contributed by atoms with van der Waals surface area (Å²) in [6.45, 7) is 2.12. The predicted octanol–water partition coefficient (Wildman–Crippen LogP) is 2.04. The molecule has 0 aliphatic heterocycles. The monoisotopic (exact) mass is 304 g/mol. The maximum Gasteiger partial charge on any atom is 0.277 e. The number of alkyl halides is 2. The molecule has 0 aromatic carbocycles. The third-order valence-corrected chi connectivity index (χ3v) is 3.73. The van der Waals surface area contributed by atoms with Crippen molar-refractivity contribution in [3.05, 3.63) is 21.4 Å². The van der Waals surface area contributed by atoms with Crippen LogP contribution in [-0.2, 0) is 4.79 Å². The SMILES string of the molecule is Cc1cc(C(=O)CCC(=O)NCC(F)(F)CN)c(C)s1. The van der Waals surface area contributed by atoms with Crippen molar-refractivity contribution in [3.63, 3.8) is 0 Å². The first-order valence-corrected chi connectivity index (χ1v) is 7.01. The van der Waals surface area contributed by atoms with Crippen molar-refractivity contribution < 1.29 is 18.4 Å². The second-order valence-electron chi connectivity index (χ2n) is 4.59. The zero-order valence-electron chi connectivity index (χ0n) is 11.5. The number of hydrogen-bond donors (Lipinski definition) is 2. The summed E-state index contributed by atoms with van der Waals surface area (Å²) in [5.74, 6) is -3.83. The Hall–Kier alpha value is -1.34. The molecule has 1 rings (SSSR count). The van der Waals surface area contributed by atoms with Gasteiger partial charge in [0.15, 0.2) is 5.78 Å². The number of carbonyl (C=O) groups is 2. The maximum absolute atomic E-state index is 12.8. The molecule has 0 aliphatic rings. The van der Waals surface area contributed by atoms with Crippen LogP contribution in [-0.4, -0.2) is 30.7 Å². The van der Waals surface area contributed by atoms with Crippen molar-refractivity contribution in [3.8, 4) is 0 Å². The van der Waals surface area contributed by atoms with Crippen molar-refractivity contribution >= 4 is 23.0 Å². The minimum Gasteiger partial charge on any atom is -0.350 e. The molecule has 0 bridgehead atoms. The molecule has 7 heteroatoms. The number of hydrogen-bond acceptors (Lipinski definition) is 4. The minimum absolute atomic E-state index is 0.0110. The van der Waals surface area contributed by atoms with Crippen LogP contribution in [0, 0.1) is 13.8 Å². The van der Waals surface area contributed by atoms with Gasteiger partial charge in [0.25, 0.3) is 5.92 Å². The lowest BCUT2D eigenvalue weighted by atomic mass is 10.1. The van der Waals surface area contributed by atoms with Crippen LogP contribution in [0.5, 0.6) is 0 Å². The lowest BCUT2D eigenvalue weighted by Crippen LogP contribution is -2.41. The van der Waals surface area contributed by atoms with E-state index < -0.39 is 24.9 Å². The predicted molar refractivity (Wildman–Crippen MR) is 74.4 cm³/mol. The van der Waals surface area contributed by atoms with E-state index in [0.29, 0.717) is 5.56 Å². The van der Waals surface area contributed by atoms with Gasteiger partial charge in [-0.05, 0) is 19.9 Å². The number of ketones is 1. The number of carbonyl (C=O) groups excluding carboxylic acids is 2. The Morgan fingerprint density at radius 1 is 1.35 bits per heavy atom. The van der Waals surface area contributed by atoms with Crippen molar-refractivity contribution in [1.29, 1.82) is 0 Å². The van der Waals surface area contributed by atoms with Crippen LogP contribution in [0.3, 0.4) is 0 Å². The molecule has 1 aromatic rings. The highest BCUT2D eigenvalue weighted by Gasteiger charge is 2.27. The average molecular weight is 304 g/mol. The fourth-order valence-corrected chi connectivity index (χ4v) is 2.60. The molecule has 0 unspecified atom stereocenters. The van der Waals surface area contributed by atoms with Crippen LogP contribution >= 0.6 is 11.3 Å². The number of nitrogens with two attached hydrogens (primary N) is 1. The molecule has 0 spiro atoms. The number of rotatable bonds is 7. The summed E-state index contributed by atoms with van der Waals surface area (Å²) >= 11 is 1.51. The topological polar surface area (TPSA) is 72.2 Å². The van der Waals surface area contributed by atoms with E-state index in [2.05, 4.69) is 5.32 Å². The molecule has 1 amide bonds. The first kappa shape index (κ1) is 16.7. The van der Waals surface area contributed by atoms with Crippen LogP contribution in [0.1, 0.15) is 33.0 Å². The highest BCUT2D eigenvalue weighted by Crippen LogP contribution is 2.22. The summed E-state index contributed by atoms with van der Waals surface area (Å²) in [6, 6.07) is 1.78. The molecule has 0 fully saturated rings. The Bertz CT molecular complexity index is 501. The molecule has 1 heterocycles. The summed E-state index contributed by atoms with van der Waals surface area (Å²) in [7, 11) is 0. The molecule has 0 radical (unpaired) electrons. The normalized spacial score (nSPS) is 11.4. The van der Waals surface area contributed by atoms with Gasteiger partial charge in [0.1, 0.15) is 0 Å². The third-order valence-electron chi connectivity index (χ3n) is 2.76. The first-order valence-electron chi connectivity index (χ1n) is 6.20. The van der Waals surface area contributed by atoms with Gasteiger partial charge in [-0.3, -0.25) is 9.59 Å². The van der Waals surface area contributed by atoms with Crippen LogP contribution < -0.4 is 11.1 Å². The van der Waals surface area contributed by atoms with E-state index in [1.165, 1.54) is 11.3 Å². The molecule has 1 aromatic heterocycles. The molecule has 112 valence electrons. The van der Waals surface area contributed by atoms with Crippen molar-refractivity contribution in [1.82, 2.24) is 5.32 Å². The van der Waals surface area contributed by atoms with Gasteiger partial charge < -0.3 is 11.1 Å². The Morgan fingerprint density at radius 2 is 2.00 bits per heavy atom. The Labute approximate surface area is 120 Å². The standard InChI is InChI=1S/C13H18F2N2O2S/c1-8-5-10(9(2)20-8)11(18)3-4-12(19)17-7-13(14,15)6-16/h5H,3-4,6-7,16H2,1-2H3,(H,17,19). The van der Waals surface area contributed by atoms with Crippen molar-refractivity contribution in [2.75, 3.05) is 13.1 Å². The van der Waals surface area contributed by atoms with Gasteiger partial charge in [-0.1, -0.05) is 0 Å². The molecule has 20 heavy (non-hydrogen) atoms. The largest absolute Gasteiger partial charge is 0.350 e.